The van der Waals surface area contributed by atoms with Crippen molar-refractivity contribution < 1.29 is 4.79 Å². The third-order valence-electron chi connectivity index (χ3n) is 1.42. The van der Waals surface area contributed by atoms with Crippen LogP contribution in [0.25, 0.3) is 0 Å². The lowest BCUT2D eigenvalue weighted by atomic mass is 10.1. The van der Waals surface area contributed by atoms with E-state index in [4.69, 9.17) is 0 Å². The second-order valence-corrected chi connectivity index (χ2v) is 2.84. The first-order valence-electron chi connectivity index (χ1n) is 3.35. The van der Waals surface area contributed by atoms with Crippen molar-refractivity contribution in [2.45, 2.75) is 11.8 Å². The number of rotatable bonds is 3. The molecule has 0 fully saturated rings. The van der Waals surface area contributed by atoms with Crippen molar-refractivity contribution in [1.82, 2.24) is 0 Å². The zero-order valence-corrected chi connectivity index (χ0v) is 7.60. The summed E-state index contributed by atoms with van der Waals surface area (Å²) in [5, 5.41) is 0.833. The van der Waals surface area contributed by atoms with E-state index in [1.54, 1.807) is 0 Å². The van der Waals surface area contributed by atoms with Gasteiger partial charge in [0.15, 0.2) is 0 Å². The van der Waals surface area contributed by atoms with Crippen molar-refractivity contribution in [3.63, 3.8) is 0 Å². The highest BCUT2D eigenvalue weighted by molar-refractivity contribution is 9.08. The van der Waals surface area contributed by atoms with Gasteiger partial charge in [-0.2, -0.15) is 0 Å². The largest absolute Gasteiger partial charge is 0.291 e. The molecule has 0 unspecified atom stereocenters. The summed E-state index contributed by atoms with van der Waals surface area (Å²) < 4.78 is 0. The second kappa shape index (κ2) is 4.29. The van der Waals surface area contributed by atoms with E-state index in [1.807, 2.05) is 30.6 Å². The monoisotopic (exact) mass is 211 g/mol. The molecule has 0 N–H and O–H groups in total. The molecule has 11 heavy (non-hydrogen) atoms. The number of carbonyl (C=O) groups excluding carboxylic acids is 1. The van der Waals surface area contributed by atoms with Crippen LogP contribution in [-0.2, 0) is 16.5 Å². The predicted molar refractivity (Wildman–Crippen MR) is 48.5 cm³/mol. The minimum Gasteiger partial charge on any atom is -0.291 e. The Bertz CT molecular complexity index is 245. The van der Waals surface area contributed by atoms with E-state index in [2.05, 4.69) is 15.9 Å². The van der Waals surface area contributed by atoms with Crippen LogP contribution >= 0.6 is 15.9 Å². The molecule has 1 radical (unpaired) electrons. The van der Waals surface area contributed by atoms with E-state index < -0.39 is 0 Å². The van der Waals surface area contributed by atoms with Gasteiger partial charge in [-0.05, 0) is 11.1 Å². The van der Waals surface area contributed by atoms with Gasteiger partial charge < -0.3 is 0 Å². The lowest BCUT2D eigenvalue weighted by Gasteiger charge is -1.97. The summed E-state index contributed by atoms with van der Waals surface area (Å²) >= 11 is 3.34. The fourth-order valence-electron chi connectivity index (χ4n) is 0.906. The van der Waals surface area contributed by atoms with Crippen molar-refractivity contribution in [1.29, 1.82) is 0 Å². The van der Waals surface area contributed by atoms with Crippen LogP contribution in [0.1, 0.15) is 11.1 Å². The van der Waals surface area contributed by atoms with Gasteiger partial charge in [0, 0.05) is 11.8 Å². The van der Waals surface area contributed by atoms with Crippen molar-refractivity contribution in [2.75, 3.05) is 0 Å². The number of alkyl halides is 1. The third kappa shape index (κ3) is 2.46. The van der Waals surface area contributed by atoms with Crippen LogP contribution in [0.5, 0.6) is 0 Å². The first kappa shape index (κ1) is 8.47. The SMILES string of the molecule is O=[C]Cc1cccc(CBr)c1. The zero-order valence-electron chi connectivity index (χ0n) is 6.01. The molecule has 57 valence electrons. The Labute approximate surface area is 74.6 Å². The zero-order chi connectivity index (χ0) is 8.10. The first-order valence-corrected chi connectivity index (χ1v) is 4.47. The summed E-state index contributed by atoms with van der Waals surface area (Å²) in [5.74, 6) is 0. The molecule has 0 saturated carbocycles. The van der Waals surface area contributed by atoms with Crippen molar-refractivity contribution in [3.8, 4) is 0 Å². The normalized spacial score (nSPS) is 9.55. The number of halogens is 1. The highest BCUT2D eigenvalue weighted by atomic mass is 79.9. The second-order valence-electron chi connectivity index (χ2n) is 2.27. The Balaban J connectivity index is 2.82. The summed E-state index contributed by atoms with van der Waals surface area (Å²) in [5.41, 5.74) is 2.22. The predicted octanol–water partition coefficient (Wildman–Crippen LogP) is 2.23. The molecule has 0 aromatic heterocycles. The van der Waals surface area contributed by atoms with Gasteiger partial charge in [0.05, 0.1) is 0 Å². The van der Waals surface area contributed by atoms with Crippen LogP contribution in [0.3, 0.4) is 0 Å². The molecule has 0 aliphatic rings. The highest BCUT2D eigenvalue weighted by Gasteiger charge is 1.93. The lowest BCUT2D eigenvalue weighted by molar-refractivity contribution is 0.555. The summed E-state index contributed by atoms with van der Waals surface area (Å²) in [6.07, 6.45) is 2.26. The van der Waals surface area contributed by atoms with Crippen LogP contribution in [0.15, 0.2) is 24.3 Å². The van der Waals surface area contributed by atoms with Gasteiger partial charge >= 0.3 is 0 Å². The van der Waals surface area contributed by atoms with Gasteiger partial charge in [0.1, 0.15) is 0 Å². The Morgan fingerprint density at radius 3 is 2.73 bits per heavy atom. The summed E-state index contributed by atoms with van der Waals surface area (Å²) in [6.45, 7) is 0. The summed E-state index contributed by atoms with van der Waals surface area (Å²) in [7, 11) is 0. The first-order chi connectivity index (χ1) is 5.36. The van der Waals surface area contributed by atoms with E-state index >= 15 is 0 Å². The Hall–Kier alpha value is -0.630. The maximum Gasteiger partial charge on any atom is 0.203 e. The molecule has 1 rings (SSSR count). The van der Waals surface area contributed by atoms with Gasteiger partial charge in [-0.1, -0.05) is 40.2 Å². The molecule has 1 aromatic carbocycles. The van der Waals surface area contributed by atoms with Crippen LogP contribution in [0.2, 0.25) is 0 Å². The molecule has 1 nitrogen and oxygen atoms in total. The maximum absolute atomic E-state index is 10.0. The van der Waals surface area contributed by atoms with Gasteiger partial charge in [-0.25, -0.2) is 0 Å². The highest BCUT2D eigenvalue weighted by Crippen LogP contribution is 2.08. The number of hydrogen-bond donors (Lipinski definition) is 0. The standard InChI is InChI=1S/C9H8BrO/c10-7-9-3-1-2-8(6-9)4-5-11/h1-3,6H,4,7H2. The summed E-state index contributed by atoms with van der Waals surface area (Å²) in [6, 6.07) is 7.89. The fourth-order valence-corrected chi connectivity index (χ4v) is 1.25. The Kier molecular flexibility index (Phi) is 3.30. The molecule has 0 amide bonds. The van der Waals surface area contributed by atoms with E-state index in [0.717, 1.165) is 10.9 Å². The van der Waals surface area contributed by atoms with Crippen LogP contribution in [0.4, 0.5) is 0 Å². The van der Waals surface area contributed by atoms with Crippen molar-refractivity contribution in [2.24, 2.45) is 0 Å². The van der Waals surface area contributed by atoms with E-state index in [-0.39, 0.29) is 0 Å². The van der Waals surface area contributed by atoms with E-state index in [1.165, 1.54) is 5.56 Å². The maximum atomic E-state index is 10.0. The topological polar surface area (TPSA) is 17.1 Å². The van der Waals surface area contributed by atoms with Crippen molar-refractivity contribution >= 4 is 22.2 Å². The quantitative estimate of drug-likeness (QED) is 0.702. The van der Waals surface area contributed by atoms with E-state index in [0.29, 0.717) is 6.42 Å². The Morgan fingerprint density at radius 1 is 1.36 bits per heavy atom. The lowest BCUT2D eigenvalue weighted by Crippen LogP contribution is -1.86. The van der Waals surface area contributed by atoms with Crippen LogP contribution < -0.4 is 0 Å². The molecule has 0 atom stereocenters. The van der Waals surface area contributed by atoms with Gasteiger partial charge in [-0.3, -0.25) is 4.79 Å². The van der Waals surface area contributed by atoms with Gasteiger partial charge in [-0.15, -0.1) is 0 Å². The molecule has 0 aliphatic carbocycles. The van der Waals surface area contributed by atoms with Crippen molar-refractivity contribution in [3.05, 3.63) is 35.4 Å². The Morgan fingerprint density at radius 2 is 2.09 bits per heavy atom. The molecule has 2 heteroatoms. The molecule has 0 spiro atoms. The molecular formula is C9H8BrO. The van der Waals surface area contributed by atoms with Gasteiger partial charge in [0.25, 0.3) is 0 Å². The van der Waals surface area contributed by atoms with Crippen LogP contribution in [0, 0.1) is 0 Å². The minimum atomic E-state index is 0.390. The summed E-state index contributed by atoms with van der Waals surface area (Å²) in [4.78, 5) is 10.0. The van der Waals surface area contributed by atoms with Gasteiger partial charge in [0.2, 0.25) is 6.29 Å². The average molecular weight is 212 g/mol. The molecule has 0 saturated heterocycles. The van der Waals surface area contributed by atoms with Crippen LogP contribution in [-0.4, -0.2) is 6.29 Å². The smallest absolute Gasteiger partial charge is 0.203 e. The molecular weight excluding hydrogens is 204 g/mol. The third-order valence-corrected chi connectivity index (χ3v) is 2.07. The molecule has 1 aromatic rings. The van der Waals surface area contributed by atoms with E-state index in [9.17, 15) is 4.79 Å². The minimum absolute atomic E-state index is 0.390. The average Bonchev–Trinajstić information content (AvgIpc) is 2.06. The molecule has 0 heterocycles. The fraction of sp³-hybridized carbons (Fsp3) is 0.222. The number of hydrogen-bond acceptors (Lipinski definition) is 1. The molecule has 0 bridgehead atoms. The number of benzene rings is 1. The molecule has 0 aliphatic heterocycles.